The molecule has 0 aliphatic heterocycles. The minimum absolute atomic E-state index is 0.323. The van der Waals surface area contributed by atoms with Gasteiger partial charge in [-0.1, -0.05) is 37.3 Å². The second-order valence-electron chi connectivity index (χ2n) is 4.42. The zero-order valence-electron chi connectivity index (χ0n) is 9.99. The Labute approximate surface area is 97.9 Å². The zero-order chi connectivity index (χ0) is 11.8. The number of ketones is 1. The third-order valence-electron chi connectivity index (χ3n) is 2.74. The first-order chi connectivity index (χ1) is 7.72. The summed E-state index contributed by atoms with van der Waals surface area (Å²) in [4.78, 5) is 11.5. The molecular formula is C14H21NO. The molecule has 0 bridgehead atoms. The average Bonchev–Trinajstić information content (AvgIpc) is 2.30. The maximum absolute atomic E-state index is 11.5. The maximum Gasteiger partial charge on any atom is 0.133 e. The van der Waals surface area contributed by atoms with Crippen LogP contribution >= 0.6 is 0 Å². The normalized spacial score (nSPS) is 12.4. The Hall–Kier alpha value is -1.15. The lowest BCUT2D eigenvalue weighted by atomic mass is 10.00. The summed E-state index contributed by atoms with van der Waals surface area (Å²) < 4.78 is 0. The minimum atomic E-state index is 0.323. The molecule has 0 spiro atoms. The molecule has 0 radical (unpaired) electrons. The van der Waals surface area contributed by atoms with Crippen molar-refractivity contribution in [2.75, 3.05) is 6.54 Å². The fraction of sp³-hybridized carbons (Fsp3) is 0.500. The Morgan fingerprint density at radius 3 is 2.62 bits per heavy atom. The molecule has 0 aromatic heterocycles. The van der Waals surface area contributed by atoms with Crippen molar-refractivity contribution in [3.05, 3.63) is 35.9 Å². The highest BCUT2D eigenvalue weighted by atomic mass is 16.1. The van der Waals surface area contributed by atoms with Crippen LogP contribution in [0.15, 0.2) is 30.3 Å². The molecule has 2 N–H and O–H groups in total. The number of Topliss-reactive ketones (excluding diaryl/α,β-unsaturated/α-hetero) is 1. The van der Waals surface area contributed by atoms with Gasteiger partial charge in [0.25, 0.3) is 0 Å². The highest BCUT2D eigenvalue weighted by Gasteiger charge is 2.07. The van der Waals surface area contributed by atoms with Gasteiger partial charge in [0.15, 0.2) is 0 Å². The third kappa shape index (κ3) is 5.08. The molecule has 16 heavy (non-hydrogen) atoms. The molecule has 0 aliphatic rings. The van der Waals surface area contributed by atoms with E-state index in [1.165, 1.54) is 5.56 Å². The van der Waals surface area contributed by atoms with Gasteiger partial charge in [-0.15, -0.1) is 0 Å². The quantitative estimate of drug-likeness (QED) is 0.766. The monoisotopic (exact) mass is 219 g/mol. The summed E-state index contributed by atoms with van der Waals surface area (Å²) in [6.45, 7) is 2.62. The van der Waals surface area contributed by atoms with E-state index in [4.69, 9.17) is 5.73 Å². The minimum Gasteiger partial charge on any atom is -0.330 e. The van der Waals surface area contributed by atoms with Gasteiger partial charge < -0.3 is 5.73 Å². The van der Waals surface area contributed by atoms with Crippen molar-refractivity contribution < 1.29 is 4.79 Å². The highest BCUT2D eigenvalue weighted by Crippen LogP contribution is 2.08. The lowest BCUT2D eigenvalue weighted by Gasteiger charge is -2.06. The summed E-state index contributed by atoms with van der Waals surface area (Å²) in [5.41, 5.74) is 6.80. The molecule has 0 heterocycles. The highest BCUT2D eigenvalue weighted by molar-refractivity contribution is 5.78. The van der Waals surface area contributed by atoms with Gasteiger partial charge in [-0.3, -0.25) is 4.79 Å². The van der Waals surface area contributed by atoms with E-state index in [0.29, 0.717) is 31.1 Å². The van der Waals surface area contributed by atoms with Gasteiger partial charge in [-0.2, -0.15) is 0 Å². The second-order valence-corrected chi connectivity index (χ2v) is 4.42. The van der Waals surface area contributed by atoms with Crippen molar-refractivity contribution in [1.82, 2.24) is 0 Å². The molecule has 1 rings (SSSR count). The molecule has 0 saturated heterocycles. The van der Waals surface area contributed by atoms with Crippen molar-refractivity contribution in [2.45, 2.75) is 32.6 Å². The van der Waals surface area contributed by atoms with Crippen LogP contribution in [0.3, 0.4) is 0 Å². The lowest BCUT2D eigenvalue weighted by Crippen LogP contribution is -2.15. The summed E-state index contributed by atoms with van der Waals surface area (Å²) >= 11 is 0. The molecule has 0 aliphatic carbocycles. The molecular weight excluding hydrogens is 198 g/mol. The van der Waals surface area contributed by atoms with Crippen LogP contribution in [0.1, 0.15) is 31.7 Å². The van der Waals surface area contributed by atoms with Crippen LogP contribution in [-0.2, 0) is 11.2 Å². The van der Waals surface area contributed by atoms with Crippen LogP contribution < -0.4 is 5.73 Å². The van der Waals surface area contributed by atoms with Gasteiger partial charge in [0.05, 0.1) is 0 Å². The molecule has 2 heteroatoms. The van der Waals surface area contributed by atoms with Crippen molar-refractivity contribution in [2.24, 2.45) is 11.7 Å². The van der Waals surface area contributed by atoms with Gasteiger partial charge in [0.2, 0.25) is 0 Å². The zero-order valence-corrected chi connectivity index (χ0v) is 9.99. The van der Waals surface area contributed by atoms with Crippen molar-refractivity contribution >= 4 is 5.78 Å². The summed E-state index contributed by atoms with van der Waals surface area (Å²) in [5, 5.41) is 0. The van der Waals surface area contributed by atoms with Crippen molar-refractivity contribution in [3.63, 3.8) is 0 Å². The van der Waals surface area contributed by atoms with Crippen molar-refractivity contribution in [3.8, 4) is 0 Å². The van der Waals surface area contributed by atoms with Crippen LogP contribution in [0.2, 0.25) is 0 Å². The Morgan fingerprint density at radius 2 is 2.00 bits per heavy atom. The van der Waals surface area contributed by atoms with Crippen LogP contribution in [0.25, 0.3) is 0 Å². The number of carbonyl (C=O) groups excluding carboxylic acids is 1. The Bertz CT molecular complexity index is 308. The number of hydrogen-bond acceptors (Lipinski definition) is 2. The largest absolute Gasteiger partial charge is 0.330 e. The van der Waals surface area contributed by atoms with Gasteiger partial charge in [0, 0.05) is 12.8 Å². The summed E-state index contributed by atoms with van der Waals surface area (Å²) in [6.07, 6.45) is 3.24. The fourth-order valence-electron chi connectivity index (χ4n) is 1.71. The van der Waals surface area contributed by atoms with Crippen LogP contribution in [0, 0.1) is 5.92 Å². The molecule has 0 fully saturated rings. The van der Waals surface area contributed by atoms with E-state index in [9.17, 15) is 4.79 Å². The topological polar surface area (TPSA) is 43.1 Å². The molecule has 0 amide bonds. The molecule has 1 atom stereocenters. The van der Waals surface area contributed by atoms with E-state index in [0.717, 1.165) is 12.8 Å². The van der Waals surface area contributed by atoms with Gasteiger partial charge in [-0.25, -0.2) is 0 Å². The smallest absolute Gasteiger partial charge is 0.133 e. The molecule has 88 valence electrons. The molecule has 1 aromatic rings. The molecule has 1 aromatic carbocycles. The second kappa shape index (κ2) is 7.18. The van der Waals surface area contributed by atoms with Gasteiger partial charge >= 0.3 is 0 Å². The maximum atomic E-state index is 11.5. The SMILES string of the molecule is CC(CN)CC(=O)CCCc1ccccc1. The number of carbonyl (C=O) groups is 1. The van der Waals surface area contributed by atoms with Crippen LogP contribution in [-0.4, -0.2) is 12.3 Å². The van der Waals surface area contributed by atoms with E-state index in [2.05, 4.69) is 12.1 Å². The Balaban J connectivity index is 2.18. The summed E-state index contributed by atoms with van der Waals surface area (Å²) in [5.74, 6) is 0.665. The van der Waals surface area contributed by atoms with E-state index >= 15 is 0 Å². The standard InChI is InChI=1S/C14H21NO/c1-12(11-15)10-14(16)9-5-8-13-6-3-2-4-7-13/h2-4,6-7,12H,5,8-11,15H2,1H3. The number of benzene rings is 1. The van der Waals surface area contributed by atoms with Crippen LogP contribution in [0.5, 0.6) is 0 Å². The number of hydrogen-bond donors (Lipinski definition) is 1. The summed E-state index contributed by atoms with van der Waals surface area (Å²) in [7, 11) is 0. The predicted octanol–water partition coefficient (Wildman–Crippen LogP) is 2.56. The fourth-order valence-corrected chi connectivity index (χ4v) is 1.71. The first-order valence-corrected chi connectivity index (χ1v) is 5.98. The number of aryl methyl sites for hydroxylation is 1. The summed E-state index contributed by atoms with van der Waals surface area (Å²) in [6, 6.07) is 10.3. The number of nitrogens with two attached hydrogens (primary N) is 1. The van der Waals surface area contributed by atoms with Crippen molar-refractivity contribution in [1.29, 1.82) is 0 Å². The molecule has 0 saturated carbocycles. The number of rotatable bonds is 7. The average molecular weight is 219 g/mol. The first kappa shape index (κ1) is 12.9. The Morgan fingerprint density at radius 1 is 1.31 bits per heavy atom. The van der Waals surface area contributed by atoms with E-state index in [1.807, 2.05) is 25.1 Å². The molecule has 1 unspecified atom stereocenters. The van der Waals surface area contributed by atoms with E-state index in [1.54, 1.807) is 0 Å². The predicted molar refractivity (Wildman–Crippen MR) is 67.2 cm³/mol. The van der Waals surface area contributed by atoms with E-state index < -0.39 is 0 Å². The third-order valence-corrected chi connectivity index (χ3v) is 2.74. The molecule has 2 nitrogen and oxygen atoms in total. The first-order valence-electron chi connectivity index (χ1n) is 5.98. The van der Waals surface area contributed by atoms with E-state index in [-0.39, 0.29) is 0 Å². The Kier molecular flexibility index (Phi) is 5.79. The van der Waals surface area contributed by atoms with Gasteiger partial charge in [-0.05, 0) is 30.9 Å². The van der Waals surface area contributed by atoms with Gasteiger partial charge in [0.1, 0.15) is 5.78 Å². The van der Waals surface area contributed by atoms with Crippen LogP contribution in [0.4, 0.5) is 0 Å². The lowest BCUT2D eigenvalue weighted by molar-refractivity contribution is -0.119.